The molecule has 0 aliphatic heterocycles. The van der Waals surface area contributed by atoms with Gasteiger partial charge in [-0.15, -0.1) is 11.3 Å². The first-order valence-corrected chi connectivity index (χ1v) is 3.75. The zero-order chi connectivity index (χ0) is 7.23. The lowest BCUT2D eigenvalue weighted by molar-refractivity contribution is 0.414. The van der Waals surface area contributed by atoms with Crippen molar-refractivity contribution < 1.29 is 9.31 Å². The van der Waals surface area contributed by atoms with Gasteiger partial charge in [-0.3, -0.25) is 0 Å². The van der Waals surface area contributed by atoms with Crippen LogP contribution in [0.1, 0.15) is 0 Å². The fourth-order valence-electron chi connectivity index (χ4n) is 0.484. The van der Waals surface area contributed by atoms with Crippen LogP contribution in [0.3, 0.4) is 0 Å². The summed E-state index contributed by atoms with van der Waals surface area (Å²) < 4.78 is 9.86. The Morgan fingerprint density at radius 1 is 1.70 bits per heavy atom. The zero-order valence-electron chi connectivity index (χ0n) is 5.45. The van der Waals surface area contributed by atoms with Gasteiger partial charge in [0.25, 0.3) is 0 Å². The van der Waals surface area contributed by atoms with Crippen molar-refractivity contribution >= 4 is 19.0 Å². The molecule has 0 saturated carbocycles. The second-order valence-electron chi connectivity index (χ2n) is 1.55. The van der Waals surface area contributed by atoms with Crippen LogP contribution >= 0.6 is 11.3 Å². The second kappa shape index (κ2) is 4.01. The van der Waals surface area contributed by atoms with Gasteiger partial charge in [-0.25, -0.2) is 0 Å². The molecule has 1 aromatic rings. The highest BCUT2D eigenvalue weighted by Crippen LogP contribution is 2.13. The zero-order valence-corrected chi connectivity index (χ0v) is 6.26. The van der Waals surface area contributed by atoms with Crippen molar-refractivity contribution in [3.63, 3.8) is 0 Å². The van der Waals surface area contributed by atoms with Crippen LogP contribution in [0.15, 0.2) is 29.7 Å². The molecule has 0 amide bonds. The molecule has 1 aromatic heterocycles. The monoisotopic (exact) mass is 154 g/mol. The molecule has 0 unspecified atom stereocenters. The highest BCUT2D eigenvalue weighted by molar-refractivity contribution is 7.08. The predicted octanol–water partition coefficient (Wildman–Crippen LogP) is 1.55. The fraction of sp³-hybridized carbons (Fsp3) is 0. The van der Waals surface area contributed by atoms with Crippen LogP contribution in [-0.4, -0.2) is 7.69 Å². The fourth-order valence-corrected chi connectivity index (χ4v) is 1.06. The van der Waals surface area contributed by atoms with Gasteiger partial charge < -0.3 is 9.31 Å². The van der Waals surface area contributed by atoms with E-state index in [4.69, 9.17) is 9.31 Å². The number of hydrogen-bond donors (Lipinski definition) is 0. The van der Waals surface area contributed by atoms with E-state index in [1.54, 1.807) is 11.3 Å². The van der Waals surface area contributed by atoms with Crippen molar-refractivity contribution in [3.05, 3.63) is 29.7 Å². The van der Waals surface area contributed by atoms with Crippen molar-refractivity contribution in [1.29, 1.82) is 0 Å². The molecule has 0 atom stereocenters. The first-order chi connectivity index (χ1) is 4.93. The van der Waals surface area contributed by atoms with Gasteiger partial charge in [0, 0.05) is 5.38 Å². The molecule has 10 heavy (non-hydrogen) atoms. The topological polar surface area (TPSA) is 18.5 Å². The molecule has 0 N–H and O–H groups in total. The summed E-state index contributed by atoms with van der Waals surface area (Å²) in [6, 6.07) is 1.89. The van der Waals surface area contributed by atoms with Gasteiger partial charge in [-0.05, 0) is 11.4 Å². The van der Waals surface area contributed by atoms with Crippen molar-refractivity contribution in [1.82, 2.24) is 0 Å². The largest absolute Gasteiger partial charge is 0.576 e. The summed E-state index contributed by atoms with van der Waals surface area (Å²) in [6.07, 6.45) is 1.35. The van der Waals surface area contributed by atoms with Gasteiger partial charge in [0.05, 0.1) is 6.26 Å². The highest BCUT2D eigenvalue weighted by atomic mass is 32.1. The normalized spacial score (nSPS) is 8.40. The smallest absolute Gasteiger partial charge is 0.535 e. The summed E-state index contributed by atoms with van der Waals surface area (Å²) in [6.45, 7) is 3.38. The van der Waals surface area contributed by atoms with E-state index < -0.39 is 0 Å². The first-order valence-electron chi connectivity index (χ1n) is 2.81. The molecule has 0 aliphatic carbocycles. The van der Waals surface area contributed by atoms with Gasteiger partial charge in [0.1, 0.15) is 5.75 Å². The molecular formula is C6H7BO2S. The average Bonchev–Trinajstić information content (AvgIpc) is 2.41. The second-order valence-corrected chi connectivity index (χ2v) is 2.33. The van der Waals surface area contributed by atoms with Gasteiger partial charge >= 0.3 is 7.69 Å². The average molecular weight is 154 g/mol. The van der Waals surface area contributed by atoms with E-state index in [2.05, 4.69) is 6.58 Å². The van der Waals surface area contributed by atoms with Gasteiger partial charge in [0.15, 0.2) is 0 Å². The van der Waals surface area contributed by atoms with Crippen LogP contribution in [0.2, 0.25) is 0 Å². The van der Waals surface area contributed by atoms with Gasteiger partial charge in [-0.2, -0.15) is 0 Å². The van der Waals surface area contributed by atoms with Crippen LogP contribution in [0.5, 0.6) is 5.75 Å². The van der Waals surface area contributed by atoms with E-state index in [1.807, 2.05) is 16.8 Å². The Kier molecular flexibility index (Phi) is 2.89. The maximum absolute atomic E-state index is 5.10. The lowest BCUT2D eigenvalue weighted by atomic mass is 10.4. The molecule has 2 nitrogen and oxygen atoms in total. The molecular weight excluding hydrogens is 147 g/mol. The first kappa shape index (κ1) is 7.21. The Bertz CT molecular complexity index is 186. The van der Waals surface area contributed by atoms with E-state index in [0.29, 0.717) is 0 Å². The Labute approximate surface area is 64.4 Å². The van der Waals surface area contributed by atoms with Crippen molar-refractivity contribution in [2.75, 3.05) is 0 Å². The lowest BCUT2D eigenvalue weighted by Gasteiger charge is -1.98. The van der Waals surface area contributed by atoms with Gasteiger partial charge in [-0.1, -0.05) is 6.58 Å². The highest BCUT2D eigenvalue weighted by Gasteiger charge is 1.93. The molecule has 0 radical (unpaired) electrons. The standard InChI is InChI=1S/C6H7BO2S/c1-2-8-7-9-6-3-4-10-5-6/h2-5,7H,1H2. The summed E-state index contributed by atoms with van der Waals surface area (Å²) in [5.41, 5.74) is 0. The molecule has 52 valence electrons. The molecule has 1 rings (SSSR count). The Morgan fingerprint density at radius 2 is 2.60 bits per heavy atom. The molecule has 1 heterocycles. The third kappa shape index (κ3) is 2.15. The third-order valence-electron chi connectivity index (χ3n) is 0.907. The quantitative estimate of drug-likeness (QED) is 0.372. The van der Waals surface area contributed by atoms with E-state index in [1.165, 1.54) is 6.26 Å². The Morgan fingerprint density at radius 3 is 3.20 bits per heavy atom. The van der Waals surface area contributed by atoms with E-state index in [0.717, 1.165) is 5.75 Å². The molecule has 0 spiro atoms. The third-order valence-corrected chi connectivity index (χ3v) is 1.57. The van der Waals surface area contributed by atoms with Crippen molar-refractivity contribution in [3.8, 4) is 5.75 Å². The molecule has 0 aromatic carbocycles. The Hall–Kier alpha value is -0.895. The molecule has 0 bridgehead atoms. The maximum Gasteiger partial charge on any atom is 0.576 e. The summed E-state index contributed by atoms with van der Waals surface area (Å²) >= 11 is 1.59. The SMILES string of the molecule is C=COBOc1ccsc1. The van der Waals surface area contributed by atoms with Crippen LogP contribution in [0.25, 0.3) is 0 Å². The lowest BCUT2D eigenvalue weighted by Crippen LogP contribution is -2.02. The van der Waals surface area contributed by atoms with E-state index in [-0.39, 0.29) is 7.69 Å². The number of rotatable bonds is 4. The maximum atomic E-state index is 5.10. The summed E-state index contributed by atoms with van der Waals surface area (Å²) in [5, 5.41) is 3.86. The van der Waals surface area contributed by atoms with Crippen LogP contribution < -0.4 is 4.65 Å². The summed E-state index contributed by atoms with van der Waals surface area (Å²) in [7, 11) is 0.236. The van der Waals surface area contributed by atoms with Crippen LogP contribution in [-0.2, 0) is 4.65 Å². The molecule has 0 fully saturated rings. The number of hydrogen-bond acceptors (Lipinski definition) is 3. The number of thiophene rings is 1. The van der Waals surface area contributed by atoms with E-state index >= 15 is 0 Å². The molecule has 0 aliphatic rings. The summed E-state index contributed by atoms with van der Waals surface area (Å²) in [4.78, 5) is 0. The van der Waals surface area contributed by atoms with Crippen LogP contribution in [0.4, 0.5) is 0 Å². The van der Waals surface area contributed by atoms with E-state index in [9.17, 15) is 0 Å². The van der Waals surface area contributed by atoms with Crippen molar-refractivity contribution in [2.45, 2.75) is 0 Å². The van der Waals surface area contributed by atoms with Gasteiger partial charge in [0.2, 0.25) is 0 Å². The predicted molar refractivity (Wildman–Crippen MR) is 43.4 cm³/mol. The molecule has 0 saturated heterocycles. The van der Waals surface area contributed by atoms with Crippen LogP contribution in [0, 0.1) is 0 Å². The summed E-state index contributed by atoms with van der Waals surface area (Å²) in [5.74, 6) is 0.840. The Balaban J connectivity index is 2.21. The molecule has 4 heteroatoms. The minimum atomic E-state index is 0.236. The minimum absolute atomic E-state index is 0.236. The van der Waals surface area contributed by atoms with Crippen molar-refractivity contribution in [2.24, 2.45) is 0 Å². The minimum Gasteiger partial charge on any atom is -0.535 e.